The summed E-state index contributed by atoms with van der Waals surface area (Å²) in [5.74, 6) is 0. The number of anilines is 2. The highest BCUT2D eigenvalue weighted by atomic mass is 35.5. The van der Waals surface area contributed by atoms with Crippen molar-refractivity contribution in [3.63, 3.8) is 0 Å². The summed E-state index contributed by atoms with van der Waals surface area (Å²) >= 11 is 12.5. The molecular formula is C16H18ClN3O2S2. The molecule has 8 heteroatoms. The van der Waals surface area contributed by atoms with Crippen LogP contribution < -0.4 is 15.8 Å². The summed E-state index contributed by atoms with van der Waals surface area (Å²) in [5, 5.41) is 7.70. The largest absolute Gasteiger partial charge is 0.442 e. The molecule has 2 N–H and O–H groups in total. The molecule has 1 aromatic heterocycles. The number of amides is 1. The Morgan fingerprint density at radius 2 is 1.92 bits per heavy atom. The predicted molar refractivity (Wildman–Crippen MR) is 104 cm³/mol. The Kier molecular flexibility index (Phi) is 6.04. The monoisotopic (exact) mass is 383 g/mol. The fourth-order valence-corrected chi connectivity index (χ4v) is 2.70. The van der Waals surface area contributed by atoms with Crippen molar-refractivity contribution >= 4 is 57.0 Å². The Morgan fingerprint density at radius 3 is 2.46 bits per heavy atom. The zero-order valence-electron chi connectivity index (χ0n) is 13.5. The van der Waals surface area contributed by atoms with Gasteiger partial charge in [0.05, 0.1) is 0 Å². The van der Waals surface area contributed by atoms with Crippen molar-refractivity contribution in [2.75, 3.05) is 10.3 Å². The van der Waals surface area contributed by atoms with Crippen molar-refractivity contribution in [1.82, 2.24) is 5.43 Å². The van der Waals surface area contributed by atoms with E-state index in [-0.39, 0.29) is 5.11 Å². The minimum Gasteiger partial charge on any atom is -0.442 e. The molecule has 0 unspecified atom stereocenters. The SMILES string of the molecule is CC(C)(C)OC(=O)N(NC(=S)Nc1ccc(Cl)cc1)c1cccs1. The number of carbonyl (C=O) groups is 1. The molecular weight excluding hydrogens is 366 g/mol. The van der Waals surface area contributed by atoms with E-state index >= 15 is 0 Å². The summed E-state index contributed by atoms with van der Waals surface area (Å²) in [6.07, 6.45) is -0.537. The number of ether oxygens (including phenoxy) is 1. The van der Waals surface area contributed by atoms with Crippen LogP contribution in [0.2, 0.25) is 5.02 Å². The lowest BCUT2D eigenvalue weighted by Gasteiger charge is -2.27. The van der Waals surface area contributed by atoms with Gasteiger partial charge < -0.3 is 10.1 Å². The van der Waals surface area contributed by atoms with Crippen LogP contribution in [0.25, 0.3) is 0 Å². The molecule has 1 amide bonds. The fourth-order valence-electron chi connectivity index (χ4n) is 1.69. The second-order valence-corrected chi connectivity index (χ2v) is 7.61. The molecule has 0 spiro atoms. The fraction of sp³-hybridized carbons (Fsp3) is 0.250. The lowest BCUT2D eigenvalue weighted by atomic mass is 10.2. The number of hydrogen-bond acceptors (Lipinski definition) is 4. The molecule has 0 aliphatic heterocycles. The van der Waals surface area contributed by atoms with E-state index in [1.165, 1.54) is 16.3 Å². The average Bonchev–Trinajstić information content (AvgIpc) is 2.99. The normalized spacial score (nSPS) is 10.8. The maximum atomic E-state index is 12.4. The molecule has 0 atom stereocenters. The van der Waals surface area contributed by atoms with Gasteiger partial charge in [-0.15, -0.1) is 11.3 Å². The second-order valence-electron chi connectivity index (χ2n) is 5.84. The first-order chi connectivity index (χ1) is 11.2. The van der Waals surface area contributed by atoms with Crippen molar-refractivity contribution < 1.29 is 9.53 Å². The van der Waals surface area contributed by atoms with E-state index in [0.717, 1.165) is 5.69 Å². The first-order valence-corrected chi connectivity index (χ1v) is 8.81. The van der Waals surface area contributed by atoms with Crippen molar-refractivity contribution in [3.05, 3.63) is 46.8 Å². The molecule has 0 bridgehead atoms. The Hall–Kier alpha value is -1.83. The number of hydrazine groups is 1. The van der Waals surface area contributed by atoms with Gasteiger partial charge in [0.2, 0.25) is 0 Å². The van der Waals surface area contributed by atoms with Crippen LogP contribution in [0.4, 0.5) is 15.5 Å². The summed E-state index contributed by atoms with van der Waals surface area (Å²) in [7, 11) is 0. The summed E-state index contributed by atoms with van der Waals surface area (Å²) in [5.41, 5.74) is 3.01. The molecule has 0 aliphatic carbocycles. The number of benzene rings is 1. The zero-order valence-corrected chi connectivity index (χ0v) is 15.9. The van der Waals surface area contributed by atoms with Gasteiger partial charge in [0.25, 0.3) is 0 Å². The van der Waals surface area contributed by atoms with Gasteiger partial charge in [0, 0.05) is 10.7 Å². The third kappa shape index (κ3) is 5.67. The number of nitrogens with zero attached hydrogens (tertiary/aromatic N) is 1. The molecule has 128 valence electrons. The lowest BCUT2D eigenvalue weighted by Crippen LogP contribution is -2.49. The van der Waals surface area contributed by atoms with E-state index in [4.69, 9.17) is 28.6 Å². The molecule has 24 heavy (non-hydrogen) atoms. The summed E-state index contributed by atoms with van der Waals surface area (Å²) in [4.78, 5) is 12.4. The van der Waals surface area contributed by atoms with Crippen LogP contribution in [0, 0.1) is 0 Å². The molecule has 0 saturated carbocycles. The first kappa shape index (κ1) is 18.5. The molecule has 2 rings (SSSR count). The van der Waals surface area contributed by atoms with Crippen molar-refractivity contribution in [2.45, 2.75) is 26.4 Å². The van der Waals surface area contributed by atoms with Crippen LogP contribution in [0.3, 0.4) is 0 Å². The molecule has 0 fully saturated rings. The maximum absolute atomic E-state index is 12.4. The molecule has 1 aromatic carbocycles. The van der Waals surface area contributed by atoms with Crippen LogP contribution >= 0.6 is 35.2 Å². The van der Waals surface area contributed by atoms with E-state index in [0.29, 0.717) is 10.0 Å². The van der Waals surface area contributed by atoms with E-state index in [9.17, 15) is 4.79 Å². The third-order valence-corrected chi connectivity index (χ3v) is 3.92. The van der Waals surface area contributed by atoms with Crippen LogP contribution in [0.1, 0.15) is 20.8 Å². The zero-order chi connectivity index (χ0) is 17.7. The van der Waals surface area contributed by atoms with Gasteiger partial charge in [-0.2, -0.15) is 5.01 Å². The number of rotatable bonds is 2. The van der Waals surface area contributed by atoms with E-state index in [1.807, 2.05) is 32.2 Å². The van der Waals surface area contributed by atoms with Crippen LogP contribution in [0.5, 0.6) is 0 Å². The highest BCUT2D eigenvalue weighted by Crippen LogP contribution is 2.22. The molecule has 0 radical (unpaired) electrons. The number of thiocarbonyl (C=S) groups is 1. The molecule has 0 saturated heterocycles. The smallest absolute Gasteiger partial charge is 0.434 e. The molecule has 2 aromatic rings. The van der Waals surface area contributed by atoms with Gasteiger partial charge in [0.15, 0.2) is 5.11 Å². The van der Waals surface area contributed by atoms with Gasteiger partial charge in [-0.05, 0) is 74.8 Å². The van der Waals surface area contributed by atoms with Crippen molar-refractivity contribution in [3.8, 4) is 0 Å². The van der Waals surface area contributed by atoms with Crippen molar-refractivity contribution in [1.29, 1.82) is 0 Å². The lowest BCUT2D eigenvalue weighted by molar-refractivity contribution is 0.0572. The highest BCUT2D eigenvalue weighted by Gasteiger charge is 2.25. The first-order valence-electron chi connectivity index (χ1n) is 7.14. The van der Waals surface area contributed by atoms with Crippen LogP contribution in [-0.4, -0.2) is 16.8 Å². The average molecular weight is 384 g/mol. The third-order valence-electron chi connectivity index (χ3n) is 2.62. The number of hydrogen-bond donors (Lipinski definition) is 2. The topological polar surface area (TPSA) is 53.6 Å². The number of carbonyl (C=O) groups excluding carboxylic acids is 1. The maximum Gasteiger partial charge on any atom is 0.434 e. The Bertz CT molecular complexity index is 697. The molecule has 0 aliphatic rings. The number of thiophene rings is 1. The number of nitrogens with one attached hydrogen (secondary N) is 2. The van der Waals surface area contributed by atoms with E-state index in [1.54, 1.807) is 30.3 Å². The van der Waals surface area contributed by atoms with Crippen LogP contribution in [0.15, 0.2) is 41.8 Å². The minimum atomic E-state index is -0.612. The van der Waals surface area contributed by atoms with Crippen LogP contribution in [-0.2, 0) is 4.74 Å². The second kappa shape index (κ2) is 7.83. The Labute approximate surface area is 155 Å². The van der Waals surface area contributed by atoms with Gasteiger partial charge in [-0.1, -0.05) is 11.6 Å². The number of halogens is 1. The summed E-state index contributed by atoms with van der Waals surface area (Å²) in [6.45, 7) is 5.42. The summed E-state index contributed by atoms with van der Waals surface area (Å²) < 4.78 is 5.42. The molecule has 1 heterocycles. The van der Waals surface area contributed by atoms with Gasteiger partial charge >= 0.3 is 6.09 Å². The highest BCUT2D eigenvalue weighted by molar-refractivity contribution is 7.80. The standard InChI is InChI=1S/C16H18ClN3O2S2/c1-16(2,3)22-15(21)20(13-5-4-10-24-13)19-14(23)18-12-8-6-11(17)7-9-12/h4-10H,1-3H3,(H2,18,19,23). The quantitative estimate of drug-likeness (QED) is 0.561. The van der Waals surface area contributed by atoms with Gasteiger partial charge in [0.1, 0.15) is 10.6 Å². The van der Waals surface area contributed by atoms with E-state index < -0.39 is 11.7 Å². The van der Waals surface area contributed by atoms with Crippen molar-refractivity contribution in [2.24, 2.45) is 0 Å². The van der Waals surface area contributed by atoms with E-state index in [2.05, 4.69) is 10.7 Å². The van der Waals surface area contributed by atoms with Gasteiger partial charge in [-0.25, -0.2) is 4.79 Å². The predicted octanol–water partition coefficient (Wildman–Crippen LogP) is 5.04. The Balaban J connectivity index is 2.09. The summed E-state index contributed by atoms with van der Waals surface area (Å²) in [6, 6.07) is 10.7. The van der Waals surface area contributed by atoms with Gasteiger partial charge in [-0.3, -0.25) is 5.43 Å². The Morgan fingerprint density at radius 1 is 1.25 bits per heavy atom. The molecule has 5 nitrogen and oxygen atoms in total. The minimum absolute atomic E-state index is 0.261.